The zero-order chi connectivity index (χ0) is 26.5. The molecule has 5 atom stereocenters. The number of nitrogens with one attached hydrogen (secondary N) is 4. The van der Waals surface area contributed by atoms with Gasteiger partial charge in [-0.05, 0) is 45.6 Å². The molecule has 0 aromatic heterocycles. The number of carbonyl (C=O) groups excluding carboxylic acids is 4. The normalized spacial score (nSPS) is 18.4. The minimum Gasteiger partial charge on any atom is -0.480 e. The second-order valence-electron chi connectivity index (χ2n) is 8.29. The molecule has 0 spiro atoms. The van der Waals surface area contributed by atoms with E-state index in [4.69, 9.17) is 17.2 Å². The SMILES string of the molecule is CC(O)C(NC(=O)C(CCC(N)=O)NC(=O)C1CCCN1)C(=O)NC(CCCN=C(N)N)C(=O)O. The Hall–Kier alpha value is -3.46. The smallest absolute Gasteiger partial charge is 0.326 e. The lowest BCUT2D eigenvalue weighted by Crippen LogP contribution is -2.59. The molecule has 1 saturated heterocycles. The standard InChI is InChI=1S/C20H36N8O7/c1-10(29)15(18(33)27-13(19(34)35)5-3-9-25-20(22)23)28-17(32)12(6-7-14(21)30)26-16(31)11-4-2-8-24-11/h10-13,15,24,29H,2-9H2,1H3,(H2,21,30)(H,26,31)(H,27,33)(H,28,32)(H,34,35)(H4,22,23,25). The molecule has 0 bridgehead atoms. The van der Waals surface area contributed by atoms with Crippen LogP contribution in [0, 0.1) is 0 Å². The van der Waals surface area contributed by atoms with Gasteiger partial charge in [0.05, 0.1) is 12.1 Å². The molecular weight excluding hydrogens is 464 g/mol. The number of aliphatic carboxylic acids is 1. The Morgan fingerprint density at radius 1 is 1.03 bits per heavy atom. The van der Waals surface area contributed by atoms with Crippen molar-refractivity contribution in [2.45, 2.75) is 75.7 Å². The third-order valence-corrected chi connectivity index (χ3v) is 5.31. The summed E-state index contributed by atoms with van der Waals surface area (Å²) in [6.45, 7) is 2.03. The van der Waals surface area contributed by atoms with Crippen molar-refractivity contribution in [3.05, 3.63) is 0 Å². The van der Waals surface area contributed by atoms with Crippen LogP contribution in [0.4, 0.5) is 0 Å². The fourth-order valence-corrected chi connectivity index (χ4v) is 3.42. The highest BCUT2D eigenvalue weighted by molar-refractivity contribution is 5.94. The number of rotatable bonds is 15. The fourth-order valence-electron chi connectivity index (χ4n) is 3.42. The van der Waals surface area contributed by atoms with Gasteiger partial charge >= 0.3 is 5.97 Å². The topological polar surface area (TPSA) is 264 Å². The van der Waals surface area contributed by atoms with Crippen molar-refractivity contribution in [2.75, 3.05) is 13.1 Å². The average molecular weight is 501 g/mol. The molecule has 12 N–H and O–H groups in total. The van der Waals surface area contributed by atoms with Gasteiger partial charge in [0.1, 0.15) is 18.1 Å². The van der Waals surface area contributed by atoms with E-state index in [1.54, 1.807) is 0 Å². The summed E-state index contributed by atoms with van der Waals surface area (Å²) in [4.78, 5) is 64.5. The quantitative estimate of drug-likeness (QED) is 0.0597. The minimum atomic E-state index is -1.53. The van der Waals surface area contributed by atoms with Crippen LogP contribution in [0.15, 0.2) is 4.99 Å². The lowest BCUT2D eigenvalue weighted by atomic mass is 10.1. The number of nitrogens with zero attached hydrogens (tertiary/aromatic N) is 1. The number of aliphatic imine (C=N–C) groups is 1. The predicted octanol–water partition coefficient (Wildman–Crippen LogP) is -4.02. The Labute approximate surface area is 202 Å². The van der Waals surface area contributed by atoms with Crippen LogP contribution in [-0.2, 0) is 24.0 Å². The van der Waals surface area contributed by atoms with Gasteiger partial charge in [-0.1, -0.05) is 0 Å². The number of primary amides is 1. The van der Waals surface area contributed by atoms with Crippen molar-refractivity contribution in [1.82, 2.24) is 21.3 Å². The lowest BCUT2D eigenvalue weighted by molar-refractivity contribution is -0.143. The first-order chi connectivity index (χ1) is 16.4. The van der Waals surface area contributed by atoms with Gasteiger partial charge in [-0.2, -0.15) is 0 Å². The van der Waals surface area contributed by atoms with E-state index in [1.807, 2.05) is 0 Å². The number of carbonyl (C=O) groups is 5. The Kier molecular flexibility index (Phi) is 12.4. The monoisotopic (exact) mass is 500 g/mol. The summed E-state index contributed by atoms with van der Waals surface area (Å²) in [7, 11) is 0. The number of aliphatic hydroxyl groups is 1. The molecule has 4 amide bonds. The van der Waals surface area contributed by atoms with Crippen LogP contribution in [0.2, 0.25) is 0 Å². The van der Waals surface area contributed by atoms with E-state index in [2.05, 4.69) is 26.3 Å². The van der Waals surface area contributed by atoms with E-state index >= 15 is 0 Å². The van der Waals surface area contributed by atoms with Gasteiger partial charge in [0, 0.05) is 13.0 Å². The van der Waals surface area contributed by atoms with Gasteiger partial charge in [-0.15, -0.1) is 0 Å². The second-order valence-corrected chi connectivity index (χ2v) is 8.29. The van der Waals surface area contributed by atoms with Crippen molar-refractivity contribution >= 4 is 35.6 Å². The molecule has 0 aromatic carbocycles. The van der Waals surface area contributed by atoms with Gasteiger partial charge < -0.3 is 48.7 Å². The van der Waals surface area contributed by atoms with E-state index in [0.29, 0.717) is 13.0 Å². The van der Waals surface area contributed by atoms with Crippen molar-refractivity contribution in [2.24, 2.45) is 22.2 Å². The van der Waals surface area contributed by atoms with E-state index < -0.39 is 59.9 Å². The molecule has 1 rings (SSSR count). The fraction of sp³-hybridized carbons (Fsp3) is 0.700. The highest BCUT2D eigenvalue weighted by Gasteiger charge is 2.33. The molecule has 15 heteroatoms. The summed E-state index contributed by atoms with van der Waals surface area (Å²) in [6.07, 6.45) is -0.138. The van der Waals surface area contributed by atoms with Gasteiger partial charge in [0.2, 0.25) is 23.6 Å². The van der Waals surface area contributed by atoms with Crippen molar-refractivity contribution in [3.63, 3.8) is 0 Å². The highest BCUT2D eigenvalue weighted by atomic mass is 16.4. The van der Waals surface area contributed by atoms with Crippen LogP contribution in [0.25, 0.3) is 0 Å². The molecule has 5 unspecified atom stereocenters. The molecular formula is C20H36N8O7. The van der Waals surface area contributed by atoms with E-state index in [9.17, 15) is 34.2 Å². The van der Waals surface area contributed by atoms with Gasteiger partial charge in [0.25, 0.3) is 0 Å². The van der Waals surface area contributed by atoms with Crippen molar-refractivity contribution in [1.29, 1.82) is 0 Å². The molecule has 1 heterocycles. The molecule has 35 heavy (non-hydrogen) atoms. The summed E-state index contributed by atoms with van der Waals surface area (Å²) in [5.74, 6) is -4.39. The molecule has 0 aliphatic carbocycles. The first-order valence-corrected chi connectivity index (χ1v) is 11.3. The van der Waals surface area contributed by atoms with Crippen LogP contribution in [0.5, 0.6) is 0 Å². The maximum atomic E-state index is 12.9. The summed E-state index contributed by atoms with van der Waals surface area (Å²) in [5.41, 5.74) is 15.6. The Bertz CT molecular complexity index is 794. The Morgan fingerprint density at radius 2 is 1.71 bits per heavy atom. The number of carboxylic acids is 1. The molecule has 1 fully saturated rings. The number of hydrogen-bond acceptors (Lipinski definition) is 8. The van der Waals surface area contributed by atoms with Crippen LogP contribution in [0.1, 0.15) is 45.4 Å². The summed E-state index contributed by atoms with van der Waals surface area (Å²) >= 11 is 0. The first-order valence-electron chi connectivity index (χ1n) is 11.3. The molecule has 198 valence electrons. The molecule has 0 saturated carbocycles. The number of nitrogens with two attached hydrogens (primary N) is 3. The van der Waals surface area contributed by atoms with Crippen LogP contribution in [-0.4, -0.2) is 89.1 Å². The minimum absolute atomic E-state index is 0.00991. The molecule has 0 radical (unpaired) electrons. The third-order valence-electron chi connectivity index (χ3n) is 5.31. The third kappa shape index (κ3) is 11.0. The molecule has 1 aliphatic heterocycles. The average Bonchev–Trinajstić information content (AvgIpc) is 3.30. The first kappa shape index (κ1) is 29.6. The number of amides is 4. The zero-order valence-electron chi connectivity index (χ0n) is 19.7. The summed E-state index contributed by atoms with van der Waals surface area (Å²) in [5, 5.41) is 29.6. The Balaban J connectivity index is 2.86. The van der Waals surface area contributed by atoms with Crippen LogP contribution in [0.3, 0.4) is 0 Å². The Morgan fingerprint density at radius 3 is 2.23 bits per heavy atom. The number of hydrogen-bond donors (Lipinski definition) is 9. The van der Waals surface area contributed by atoms with Crippen LogP contribution >= 0.6 is 0 Å². The van der Waals surface area contributed by atoms with E-state index in [1.165, 1.54) is 6.92 Å². The van der Waals surface area contributed by atoms with Crippen LogP contribution < -0.4 is 38.5 Å². The largest absolute Gasteiger partial charge is 0.480 e. The maximum absolute atomic E-state index is 12.9. The van der Waals surface area contributed by atoms with E-state index in [0.717, 1.165) is 6.42 Å². The van der Waals surface area contributed by atoms with Gasteiger partial charge in [-0.25, -0.2) is 4.79 Å². The second kappa shape index (κ2) is 14.7. The van der Waals surface area contributed by atoms with Crippen molar-refractivity contribution < 1.29 is 34.2 Å². The number of carboxylic acid groups (broad SMARTS) is 1. The van der Waals surface area contributed by atoms with Gasteiger partial charge in [-0.3, -0.25) is 24.2 Å². The lowest BCUT2D eigenvalue weighted by Gasteiger charge is -2.26. The summed E-state index contributed by atoms with van der Waals surface area (Å²) in [6, 6.07) is -4.56. The highest BCUT2D eigenvalue weighted by Crippen LogP contribution is 2.08. The van der Waals surface area contributed by atoms with Crippen molar-refractivity contribution in [3.8, 4) is 0 Å². The molecule has 15 nitrogen and oxygen atoms in total. The maximum Gasteiger partial charge on any atom is 0.326 e. The summed E-state index contributed by atoms with van der Waals surface area (Å²) < 4.78 is 0. The van der Waals surface area contributed by atoms with E-state index in [-0.39, 0.29) is 38.2 Å². The number of guanidine groups is 1. The number of aliphatic hydroxyl groups excluding tert-OH is 1. The van der Waals surface area contributed by atoms with Gasteiger partial charge in [0.15, 0.2) is 5.96 Å². The molecule has 0 aromatic rings. The zero-order valence-corrected chi connectivity index (χ0v) is 19.7. The molecule has 1 aliphatic rings. The predicted molar refractivity (Wildman–Crippen MR) is 124 cm³/mol.